The van der Waals surface area contributed by atoms with Gasteiger partial charge in [-0.1, -0.05) is 0 Å². The summed E-state index contributed by atoms with van der Waals surface area (Å²) >= 11 is 0. The summed E-state index contributed by atoms with van der Waals surface area (Å²) in [4.78, 5) is 47.9. The highest BCUT2D eigenvalue weighted by Crippen LogP contribution is 2.36. The van der Waals surface area contributed by atoms with Gasteiger partial charge in [0.1, 0.15) is 11.6 Å². The molecular weight excluding hydrogens is 522 g/mol. The van der Waals surface area contributed by atoms with Gasteiger partial charge in [-0.25, -0.2) is 14.8 Å². The molecule has 0 spiro atoms. The molecule has 0 atom stereocenters. The van der Waals surface area contributed by atoms with Crippen molar-refractivity contribution < 1.29 is 24.2 Å². The van der Waals surface area contributed by atoms with Crippen LogP contribution in [0.2, 0.25) is 0 Å². The van der Waals surface area contributed by atoms with Crippen molar-refractivity contribution in [2.24, 2.45) is 0 Å². The van der Waals surface area contributed by atoms with Crippen molar-refractivity contribution in [2.75, 3.05) is 28.7 Å². The molecule has 41 heavy (non-hydrogen) atoms. The topological polar surface area (TPSA) is 134 Å². The van der Waals surface area contributed by atoms with Crippen LogP contribution in [0.4, 0.5) is 23.0 Å². The fraction of sp³-hybridized carbons (Fsp3) is 0.194. The lowest BCUT2D eigenvalue weighted by molar-refractivity contribution is 0.0696. The number of carbonyl (C=O) groups is 3. The van der Waals surface area contributed by atoms with Crippen LogP contribution in [0.25, 0.3) is 0 Å². The van der Waals surface area contributed by atoms with Gasteiger partial charge in [-0.3, -0.25) is 9.59 Å². The van der Waals surface area contributed by atoms with Crippen LogP contribution in [0.1, 0.15) is 54.7 Å². The van der Waals surface area contributed by atoms with Crippen molar-refractivity contribution in [2.45, 2.75) is 27.2 Å². The van der Waals surface area contributed by atoms with Gasteiger partial charge in [-0.15, -0.1) is 0 Å². The van der Waals surface area contributed by atoms with E-state index in [0.29, 0.717) is 59.5 Å². The van der Waals surface area contributed by atoms with E-state index in [0.717, 1.165) is 16.7 Å². The lowest BCUT2D eigenvalue weighted by Crippen LogP contribution is -2.20. The highest BCUT2D eigenvalue weighted by molar-refractivity contribution is 6.12. The molecule has 2 amide bonds. The number of aryl methyl sites for hydroxylation is 2. The number of hydrogen-bond donors (Lipinski definition) is 3. The minimum absolute atomic E-state index is 0.145. The third-order valence-corrected chi connectivity index (χ3v) is 6.85. The summed E-state index contributed by atoms with van der Waals surface area (Å²) in [5, 5.41) is 14.8. The average molecular weight is 552 g/mol. The number of benzene rings is 2. The fourth-order valence-corrected chi connectivity index (χ4v) is 4.63. The van der Waals surface area contributed by atoms with E-state index in [4.69, 9.17) is 9.84 Å². The van der Waals surface area contributed by atoms with Gasteiger partial charge in [0.05, 0.1) is 23.4 Å². The number of ether oxygens (including phenoxy) is 1. The van der Waals surface area contributed by atoms with E-state index in [-0.39, 0.29) is 17.4 Å². The Bertz CT molecular complexity index is 1650. The summed E-state index contributed by atoms with van der Waals surface area (Å²) in [6.07, 6.45) is 4.00. The van der Waals surface area contributed by atoms with Crippen molar-refractivity contribution in [1.82, 2.24) is 9.97 Å². The first kappa shape index (κ1) is 27.3. The number of amides is 2. The number of carboxylic acids is 1. The first-order valence-electron chi connectivity index (χ1n) is 13.2. The number of carbonyl (C=O) groups excluding carboxylic acids is 2. The molecule has 3 heterocycles. The lowest BCUT2D eigenvalue weighted by Gasteiger charge is -2.22. The van der Waals surface area contributed by atoms with E-state index in [1.54, 1.807) is 42.7 Å². The van der Waals surface area contributed by atoms with Crippen LogP contribution in [0.5, 0.6) is 5.75 Å². The summed E-state index contributed by atoms with van der Waals surface area (Å²) < 4.78 is 6.00. The molecule has 0 bridgehead atoms. The van der Waals surface area contributed by atoms with Crippen LogP contribution in [-0.4, -0.2) is 46.0 Å². The number of anilines is 4. The van der Waals surface area contributed by atoms with Gasteiger partial charge in [0.15, 0.2) is 5.82 Å². The normalized spacial score (nSPS) is 12.1. The van der Waals surface area contributed by atoms with Gasteiger partial charge in [0.25, 0.3) is 11.8 Å². The molecule has 1 aliphatic heterocycles. The van der Waals surface area contributed by atoms with Gasteiger partial charge in [0.2, 0.25) is 0 Å². The van der Waals surface area contributed by atoms with Gasteiger partial charge in [-0.2, -0.15) is 0 Å². The van der Waals surface area contributed by atoms with E-state index >= 15 is 0 Å². The van der Waals surface area contributed by atoms with Crippen LogP contribution in [-0.2, 0) is 6.42 Å². The maximum atomic E-state index is 13.1. The molecular formula is C31H29N5O5. The fourth-order valence-electron chi connectivity index (χ4n) is 4.63. The minimum Gasteiger partial charge on any atom is -0.493 e. The smallest absolute Gasteiger partial charge is 0.335 e. The summed E-state index contributed by atoms with van der Waals surface area (Å²) in [5.41, 5.74) is 4.83. The van der Waals surface area contributed by atoms with Crippen LogP contribution in [0.15, 0.2) is 67.0 Å². The maximum absolute atomic E-state index is 13.1. The van der Waals surface area contributed by atoms with Gasteiger partial charge < -0.3 is 25.4 Å². The zero-order valence-electron chi connectivity index (χ0n) is 22.9. The second-order valence-corrected chi connectivity index (χ2v) is 9.65. The Morgan fingerprint density at radius 3 is 2.44 bits per heavy atom. The highest BCUT2D eigenvalue weighted by Gasteiger charge is 2.27. The summed E-state index contributed by atoms with van der Waals surface area (Å²) in [6.45, 7) is 6.74. The number of aromatic carboxylic acids is 1. The molecule has 208 valence electrons. The first-order valence-corrected chi connectivity index (χ1v) is 13.2. The number of hydrogen-bond acceptors (Lipinski definition) is 7. The Morgan fingerprint density at radius 1 is 0.976 bits per heavy atom. The molecule has 0 saturated heterocycles. The minimum atomic E-state index is -1.03. The largest absolute Gasteiger partial charge is 0.493 e. The standard InChI is InChI=1S/C31H29N5O5/c1-4-36-27-24(30(38)35-26-18(2)11-13-32-28(26)36)16-20(17-33-27)12-14-41-25-10-7-22(15-19(25)3)29(37)34-23-8-5-21(6-9-23)31(39)40/h5-11,13,15-17H,4,12,14H2,1-3H3,(H,34,37)(H,35,38)(H,39,40). The Balaban J connectivity index is 1.24. The maximum Gasteiger partial charge on any atom is 0.335 e. The first-order chi connectivity index (χ1) is 19.7. The molecule has 2 aromatic carbocycles. The Kier molecular flexibility index (Phi) is 7.64. The predicted octanol–water partition coefficient (Wildman–Crippen LogP) is 5.39. The Morgan fingerprint density at radius 2 is 1.73 bits per heavy atom. The van der Waals surface area contributed by atoms with Gasteiger partial charge in [0, 0.05) is 36.6 Å². The number of nitrogens with one attached hydrogen (secondary N) is 2. The van der Waals surface area contributed by atoms with E-state index in [9.17, 15) is 14.4 Å². The van der Waals surface area contributed by atoms with Crippen molar-refractivity contribution in [3.05, 3.63) is 100 Å². The molecule has 5 rings (SSSR count). The van der Waals surface area contributed by atoms with Crippen molar-refractivity contribution in [3.8, 4) is 5.75 Å². The zero-order chi connectivity index (χ0) is 29.1. The molecule has 1 aliphatic rings. The Hall–Kier alpha value is -5.25. The molecule has 0 radical (unpaired) electrons. The molecule has 3 N–H and O–H groups in total. The van der Waals surface area contributed by atoms with Crippen LogP contribution in [0.3, 0.4) is 0 Å². The highest BCUT2D eigenvalue weighted by atomic mass is 16.5. The molecule has 2 aromatic heterocycles. The van der Waals surface area contributed by atoms with Crippen LogP contribution >= 0.6 is 0 Å². The second-order valence-electron chi connectivity index (χ2n) is 9.65. The molecule has 0 aliphatic carbocycles. The molecule has 4 aromatic rings. The molecule has 0 saturated carbocycles. The Labute approximate surface area is 237 Å². The van der Waals surface area contributed by atoms with E-state index in [2.05, 4.69) is 20.6 Å². The molecule has 10 heteroatoms. The zero-order valence-corrected chi connectivity index (χ0v) is 22.9. The third-order valence-electron chi connectivity index (χ3n) is 6.85. The number of fused-ring (bicyclic) bond motifs is 2. The number of rotatable bonds is 8. The number of pyridine rings is 2. The number of carboxylic acid groups (broad SMARTS) is 1. The van der Waals surface area contributed by atoms with E-state index in [1.807, 2.05) is 37.8 Å². The van der Waals surface area contributed by atoms with E-state index in [1.165, 1.54) is 12.1 Å². The van der Waals surface area contributed by atoms with Crippen LogP contribution < -0.4 is 20.3 Å². The number of nitrogens with zero attached hydrogens (tertiary/aromatic N) is 3. The molecule has 10 nitrogen and oxygen atoms in total. The predicted molar refractivity (Wildman–Crippen MR) is 156 cm³/mol. The lowest BCUT2D eigenvalue weighted by atomic mass is 10.1. The summed E-state index contributed by atoms with van der Waals surface area (Å²) in [5.74, 6) is 0.305. The van der Waals surface area contributed by atoms with Crippen molar-refractivity contribution in [1.29, 1.82) is 0 Å². The monoisotopic (exact) mass is 551 g/mol. The molecule has 0 unspecified atom stereocenters. The third kappa shape index (κ3) is 5.72. The van der Waals surface area contributed by atoms with Crippen molar-refractivity contribution >= 4 is 40.8 Å². The van der Waals surface area contributed by atoms with Gasteiger partial charge >= 0.3 is 5.97 Å². The summed E-state index contributed by atoms with van der Waals surface area (Å²) in [6, 6.07) is 14.8. The van der Waals surface area contributed by atoms with Gasteiger partial charge in [-0.05, 0) is 92.1 Å². The van der Waals surface area contributed by atoms with Crippen molar-refractivity contribution in [3.63, 3.8) is 0 Å². The SMILES string of the molecule is CCN1c2ncc(CCOc3ccc(C(=O)Nc4ccc(C(=O)O)cc4)cc3C)cc2C(=O)Nc2c(C)ccnc21. The van der Waals surface area contributed by atoms with Crippen LogP contribution in [0, 0.1) is 13.8 Å². The average Bonchev–Trinajstić information content (AvgIpc) is 3.08. The van der Waals surface area contributed by atoms with E-state index < -0.39 is 5.97 Å². The molecule has 0 fully saturated rings. The number of aromatic nitrogens is 2. The quantitative estimate of drug-likeness (QED) is 0.265. The summed E-state index contributed by atoms with van der Waals surface area (Å²) in [7, 11) is 0. The second kappa shape index (κ2) is 11.5.